The van der Waals surface area contributed by atoms with E-state index in [9.17, 15) is 4.79 Å². The number of benzene rings is 1. The van der Waals surface area contributed by atoms with E-state index in [0.29, 0.717) is 13.1 Å². The minimum Gasteiger partial charge on any atom is -0.395 e. The van der Waals surface area contributed by atoms with Crippen molar-refractivity contribution >= 4 is 23.5 Å². The van der Waals surface area contributed by atoms with E-state index in [4.69, 9.17) is 10.2 Å². The SMILES string of the molecule is CC(=O)Nc1ccc(SN(CCO)CCO)cc1. The van der Waals surface area contributed by atoms with Crippen LogP contribution in [0.25, 0.3) is 0 Å². The third kappa shape index (κ3) is 5.50. The molecule has 18 heavy (non-hydrogen) atoms. The molecule has 100 valence electrons. The molecular formula is C12H18N2O3S. The van der Waals surface area contributed by atoms with E-state index in [1.54, 1.807) is 0 Å². The molecule has 0 aliphatic heterocycles. The van der Waals surface area contributed by atoms with Gasteiger partial charge in [0.25, 0.3) is 0 Å². The van der Waals surface area contributed by atoms with Crippen LogP contribution in [-0.4, -0.2) is 46.7 Å². The second kappa shape index (κ2) is 8.10. The van der Waals surface area contributed by atoms with Crippen molar-refractivity contribution in [2.24, 2.45) is 0 Å². The maximum Gasteiger partial charge on any atom is 0.221 e. The van der Waals surface area contributed by atoms with E-state index in [0.717, 1.165) is 10.6 Å². The molecule has 0 fully saturated rings. The standard InChI is InChI=1S/C12H18N2O3S/c1-10(17)13-11-2-4-12(5-3-11)18-14(6-8-15)7-9-16/h2-5,15-16H,6-9H2,1H3,(H,13,17). The third-order valence-corrected chi connectivity index (χ3v) is 3.21. The van der Waals surface area contributed by atoms with Gasteiger partial charge < -0.3 is 15.5 Å². The molecule has 0 spiro atoms. The van der Waals surface area contributed by atoms with E-state index in [-0.39, 0.29) is 19.1 Å². The van der Waals surface area contributed by atoms with Crippen LogP contribution in [0.4, 0.5) is 5.69 Å². The van der Waals surface area contributed by atoms with Gasteiger partial charge in [0, 0.05) is 30.6 Å². The van der Waals surface area contributed by atoms with E-state index < -0.39 is 0 Å². The highest BCUT2D eigenvalue weighted by molar-refractivity contribution is 7.97. The molecule has 6 heteroatoms. The molecule has 0 saturated heterocycles. The smallest absolute Gasteiger partial charge is 0.221 e. The molecule has 1 aromatic rings. The van der Waals surface area contributed by atoms with E-state index in [1.165, 1.54) is 18.9 Å². The van der Waals surface area contributed by atoms with E-state index in [1.807, 2.05) is 28.6 Å². The first-order valence-electron chi connectivity index (χ1n) is 5.68. The summed E-state index contributed by atoms with van der Waals surface area (Å²) in [5.41, 5.74) is 0.753. The van der Waals surface area contributed by atoms with Crippen molar-refractivity contribution in [2.45, 2.75) is 11.8 Å². The van der Waals surface area contributed by atoms with Crippen molar-refractivity contribution in [3.8, 4) is 0 Å². The molecule has 0 aromatic heterocycles. The number of rotatable bonds is 7. The zero-order valence-corrected chi connectivity index (χ0v) is 11.1. The Bertz CT molecular complexity index is 364. The summed E-state index contributed by atoms with van der Waals surface area (Å²) in [6.07, 6.45) is 0. The molecular weight excluding hydrogens is 252 g/mol. The Morgan fingerprint density at radius 3 is 2.22 bits per heavy atom. The van der Waals surface area contributed by atoms with Gasteiger partial charge in [0.05, 0.1) is 13.2 Å². The van der Waals surface area contributed by atoms with Crippen molar-refractivity contribution in [3.05, 3.63) is 24.3 Å². The van der Waals surface area contributed by atoms with Gasteiger partial charge in [-0.1, -0.05) is 0 Å². The number of anilines is 1. The molecule has 5 nitrogen and oxygen atoms in total. The number of nitrogens with zero attached hydrogens (tertiary/aromatic N) is 1. The van der Waals surface area contributed by atoms with Crippen LogP contribution in [0.15, 0.2) is 29.2 Å². The quantitative estimate of drug-likeness (QED) is 0.643. The third-order valence-electron chi connectivity index (χ3n) is 2.11. The molecule has 0 aliphatic carbocycles. The number of hydrogen-bond donors (Lipinski definition) is 3. The van der Waals surface area contributed by atoms with Gasteiger partial charge in [-0.25, -0.2) is 4.31 Å². The number of nitrogens with one attached hydrogen (secondary N) is 1. The zero-order valence-electron chi connectivity index (χ0n) is 10.3. The summed E-state index contributed by atoms with van der Waals surface area (Å²) >= 11 is 1.47. The first-order valence-corrected chi connectivity index (χ1v) is 6.45. The Labute approximate surface area is 111 Å². The van der Waals surface area contributed by atoms with Gasteiger partial charge in [-0.3, -0.25) is 4.79 Å². The summed E-state index contributed by atoms with van der Waals surface area (Å²) in [6.45, 7) is 2.57. The summed E-state index contributed by atoms with van der Waals surface area (Å²) in [5.74, 6) is -0.0995. The van der Waals surface area contributed by atoms with Crippen molar-refractivity contribution in [1.82, 2.24) is 4.31 Å². The van der Waals surface area contributed by atoms with Crippen LogP contribution in [0.1, 0.15) is 6.92 Å². The zero-order chi connectivity index (χ0) is 13.4. The number of carbonyl (C=O) groups is 1. The number of aliphatic hydroxyl groups is 2. The largest absolute Gasteiger partial charge is 0.395 e. The fourth-order valence-corrected chi connectivity index (χ4v) is 2.28. The summed E-state index contributed by atoms with van der Waals surface area (Å²) in [7, 11) is 0. The van der Waals surface area contributed by atoms with Crippen LogP contribution in [0.2, 0.25) is 0 Å². The summed E-state index contributed by atoms with van der Waals surface area (Å²) in [6, 6.07) is 7.41. The maximum atomic E-state index is 10.9. The molecule has 1 rings (SSSR count). The van der Waals surface area contributed by atoms with Crippen LogP contribution >= 0.6 is 11.9 Å². The number of hydrogen-bond acceptors (Lipinski definition) is 5. The van der Waals surface area contributed by atoms with Gasteiger partial charge in [0.1, 0.15) is 0 Å². The summed E-state index contributed by atoms with van der Waals surface area (Å²) in [5, 5.41) is 20.5. The highest BCUT2D eigenvalue weighted by Crippen LogP contribution is 2.23. The average Bonchev–Trinajstić information content (AvgIpc) is 2.31. The second-order valence-electron chi connectivity index (χ2n) is 3.67. The van der Waals surface area contributed by atoms with E-state index >= 15 is 0 Å². The maximum absolute atomic E-state index is 10.9. The lowest BCUT2D eigenvalue weighted by Crippen LogP contribution is -2.22. The van der Waals surface area contributed by atoms with Crippen LogP contribution in [0.3, 0.4) is 0 Å². The molecule has 3 N–H and O–H groups in total. The lowest BCUT2D eigenvalue weighted by Gasteiger charge is -2.18. The Balaban J connectivity index is 2.58. The normalized spacial score (nSPS) is 10.7. The van der Waals surface area contributed by atoms with Gasteiger partial charge in [-0.05, 0) is 36.2 Å². The van der Waals surface area contributed by atoms with E-state index in [2.05, 4.69) is 5.32 Å². The lowest BCUT2D eigenvalue weighted by atomic mass is 10.3. The van der Waals surface area contributed by atoms with Gasteiger partial charge in [-0.2, -0.15) is 0 Å². The fourth-order valence-electron chi connectivity index (χ4n) is 1.38. The minimum atomic E-state index is -0.0995. The molecule has 0 atom stereocenters. The van der Waals surface area contributed by atoms with Crippen molar-refractivity contribution in [2.75, 3.05) is 31.6 Å². The number of carbonyl (C=O) groups excluding carboxylic acids is 1. The highest BCUT2D eigenvalue weighted by Gasteiger charge is 2.06. The molecule has 1 amide bonds. The predicted molar refractivity (Wildman–Crippen MR) is 72.3 cm³/mol. The molecule has 0 heterocycles. The van der Waals surface area contributed by atoms with Crippen LogP contribution in [0, 0.1) is 0 Å². The van der Waals surface area contributed by atoms with Crippen LogP contribution < -0.4 is 5.32 Å². The summed E-state index contributed by atoms with van der Waals surface area (Å²) in [4.78, 5) is 11.9. The van der Waals surface area contributed by atoms with Gasteiger partial charge in [-0.15, -0.1) is 0 Å². The average molecular weight is 270 g/mol. The Kier molecular flexibility index (Phi) is 6.74. The molecule has 0 unspecified atom stereocenters. The number of amides is 1. The Hall–Kier alpha value is -1.08. The van der Waals surface area contributed by atoms with Gasteiger partial charge in [0.15, 0.2) is 0 Å². The lowest BCUT2D eigenvalue weighted by molar-refractivity contribution is -0.114. The van der Waals surface area contributed by atoms with Crippen molar-refractivity contribution < 1.29 is 15.0 Å². The van der Waals surface area contributed by atoms with Gasteiger partial charge >= 0.3 is 0 Å². The highest BCUT2D eigenvalue weighted by atomic mass is 32.2. The Morgan fingerprint density at radius 1 is 1.22 bits per heavy atom. The second-order valence-corrected chi connectivity index (χ2v) is 4.84. The predicted octanol–water partition coefficient (Wildman–Crippen LogP) is 0.939. The topological polar surface area (TPSA) is 72.8 Å². The summed E-state index contributed by atoms with van der Waals surface area (Å²) < 4.78 is 1.88. The van der Waals surface area contributed by atoms with Crippen molar-refractivity contribution in [3.63, 3.8) is 0 Å². The van der Waals surface area contributed by atoms with Crippen LogP contribution in [-0.2, 0) is 4.79 Å². The number of aliphatic hydroxyl groups excluding tert-OH is 2. The van der Waals surface area contributed by atoms with Crippen LogP contribution in [0.5, 0.6) is 0 Å². The fraction of sp³-hybridized carbons (Fsp3) is 0.417. The Morgan fingerprint density at radius 2 is 1.78 bits per heavy atom. The minimum absolute atomic E-state index is 0.0526. The first kappa shape index (κ1) is 15.0. The molecule has 0 radical (unpaired) electrons. The molecule has 0 bridgehead atoms. The molecule has 0 saturated carbocycles. The van der Waals surface area contributed by atoms with Crippen molar-refractivity contribution in [1.29, 1.82) is 0 Å². The molecule has 1 aromatic carbocycles. The molecule has 0 aliphatic rings. The first-order chi connectivity index (χ1) is 8.65. The van der Waals surface area contributed by atoms with Gasteiger partial charge in [0.2, 0.25) is 5.91 Å². The monoisotopic (exact) mass is 270 g/mol.